The molecule has 0 amide bonds. The summed E-state index contributed by atoms with van der Waals surface area (Å²) < 4.78 is 0. The topological polar surface area (TPSA) is 20.2 Å². The van der Waals surface area contributed by atoms with Crippen LogP contribution in [0.3, 0.4) is 0 Å². The van der Waals surface area contributed by atoms with Gasteiger partial charge in [-0.05, 0) is 6.04 Å². The van der Waals surface area contributed by atoms with Gasteiger partial charge in [0, 0.05) is 6.61 Å². The summed E-state index contributed by atoms with van der Waals surface area (Å²) in [5, 5.41) is 10.0. The Morgan fingerprint density at radius 1 is 1.20 bits per heavy atom. The SMILES string of the molecule is OCC[SiH2]c1ccccc1. The molecule has 0 atom stereocenters. The van der Waals surface area contributed by atoms with Crippen LogP contribution < -0.4 is 5.19 Å². The lowest BCUT2D eigenvalue weighted by molar-refractivity contribution is 0.318. The van der Waals surface area contributed by atoms with Crippen LogP contribution >= 0.6 is 0 Å². The van der Waals surface area contributed by atoms with E-state index in [0.29, 0.717) is 6.61 Å². The van der Waals surface area contributed by atoms with Crippen molar-refractivity contribution in [1.29, 1.82) is 0 Å². The molecule has 0 bridgehead atoms. The molecule has 1 N–H and O–H groups in total. The van der Waals surface area contributed by atoms with Crippen LogP contribution in [0.2, 0.25) is 6.04 Å². The van der Waals surface area contributed by atoms with Crippen molar-refractivity contribution in [3.05, 3.63) is 30.3 Å². The van der Waals surface area contributed by atoms with E-state index in [1.54, 1.807) is 0 Å². The molecule has 0 saturated heterocycles. The van der Waals surface area contributed by atoms with Crippen LogP contribution in [0.1, 0.15) is 0 Å². The fraction of sp³-hybridized carbons (Fsp3) is 0.250. The number of hydrogen-bond acceptors (Lipinski definition) is 1. The first kappa shape index (κ1) is 7.50. The Balaban J connectivity index is 2.43. The first-order valence-electron chi connectivity index (χ1n) is 3.58. The number of hydrogen-bond donors (Lipinski definition) is 1. The van der Waals surface area contributed by atoms with E-state index in [2.05, 4.69) is 24.3 Å². The summed E-state index contributed by atoms with van der Waals surface area (Å²) in [4.78, 5) is 0. The summed E-state index contributed by atoms with van der Waals surface area (Å²) in [6.45, 7) is 0.348. The molecule has 0 aliphatic heterocycles. The molecule has 10 heavy (non-hydrogen) atoms. The Morgan fingerprint density at radius 2 is 1.90 bits per heavy atom. The molecule has 54 valence electrons. The highest BCUT2D eigenvalue weighted by atomic mass is 28.2. The molecular weight excluding hydrogens is 140 g/mol. The van der Waals surface area contributed by atoms with Crippen molar-refractivity contribution in [1.82, 2.24) is 0 Å². The fourth-order valence-electron chi connectivity index (χ4n) is 0.928. The van der Waals surface area contributed by atoms with Crippen LogP contribution in [0.15, 0.2) is 30.3 Å². The van der Waals surface area contributed by atoms with Crippen molar-refractivity contribution in [2.24, 2.45) is 0 Å². The van der Waals surface area contributed by atoms with E-state index in [-0.39, 0.29) is 9.52 Å². The molecule has 1 aromatic rings. The summed E-state index contributed by atoms with van der Waals surface area (Å²) in [5.74, 6) is 0. The second-order valence-corrected chi connectivity index (χ2v) is 4.34. The standard InChI is InChI=1S/C8H12OSi/c9-6-7-10-8-4-2-1-3-5-8/h1-5,9H,6-7,10H2. The van der Waals surface area contributed by atoms with Crippen LogP contribution in [-0.2, 0) is 0 Å². The number of aliphatic hydroxyl groups is 1. The van der Waals surface area contributed by atoms with Gasteiger partial charge in [-0.2, -0.15) is 0 Å². The van der Waals surface area contributed by atoms with E-state index in [4.69, 9.17) is 5.11 Å². The number of rotatable bonds is 3. The maximum atomic E-state index is 8.56. The van der Waals surface area contributed by atoms with E-state index < -0.39 is 0 Å². The minimum atomic E-state index is -0.161. The smallest absolute Gasteiger partial charge is 0.0570 e. The minimum Gasteiger partial charge on any atom is -0.397 e. The second kappa shape index (κ2) is 4.25. The first-order chi connectivity index (χ1) is 4.93. The largest absolute Gasteiger partial charge is 0.397 e. The van der Waals surface area contributed by atoms with E-state index >= 15 is 0 Å². The quantitative estimate of drug-likeness (QED) is 0.599. The molecule has 0 fully saturated rings. The van der Waals surface area contributed by atoms with Gasteiger partial charge < -0.3 is 5.11 Å². The normalized spacial score (nSPS) is 10.9. The van der Waals surface area contributed by atoms with Gasteiger partial charge in [0.2, 0.25) is 0 Å². The van der Waals surface area contributed by atoms with E-state index in [0.717, 1.165) is 6.04 Å². The van der Waals surface area contributed by atoms with Crippen LogP contribution in [-0.4, -0.2) is 21.2 Å². The van der Waals surface area contributed by atoms with Gasteiger partial charge in [0.05, 0.1) is 9.52 Å². The summed E-state index contributed by atoms with van der Waals surface area (Å²) in [6, 6.07) is 11.4. The highest BCUT2D eigenvalue weighted by molar-refractivity contribution is 6.53. The molecule has 1 aromatic carbocycles. The molecule has 0 unspecified atom stereocenters. The third-order valence-electron chi connectivity index (χ3n) is 1.47. The molecule has 2 heteroatoms. The van der Waals surface area contributed by atoms with Gasteiger partial charge in [0.1, 0.15) is 0 Å². The molecule has 1 rings (SSSR count). The summed E-state index contributed by atoms with van der Waals surface area (Å²) in [5.41, 5.74) is 0. The van der Waals surface area contributed by atoms with Gasteiger partial charge in [-0.25, -0.2) is 0 Å². The summed E-state index contributed by atoms with van der Waals surface area (Å²) in [7, 11) is -0.161. The summed E-state index contributed by atoms with van der Waals surface area (Å²) >= 11 is 0. The van der Waals surface area contributed by atoms with Crippen molar-refractivity contribution < 1.29 is 5.11 Å². The molecular formula is C8H12OSi. The zero-order valence-electron chi connectivity index (χ0n) is 5.96. The lowest BCUT2D eigenvalue weighted by Gasteiger charge is -1.95. The molecule has 1 nitrogen and oxygen atoms in total. The van der Waals surface area contributed by atoms with Gasteiger partial charge in [-0.3, -0.25) is 0 Å². The lowest BCUT2D eigenvalue weighted by Crippen LogP contribution is -2.13. The average Bonchev–Trinajstić information content (AvgIpc) is 2.03. The molecule has 0 saturated carbocycles. The van der Waals surface area contributed by atoms with Crippen LogP contribution in [0.25, 0.3) is 0 Å². The Labute approximate surface area is 63.5 Å². The molecule has 0 aliphatic rings. The zero-order valence-corrected chi connectivity index (χ0v) is 7.37. The minimum absolute atomic E-state index is 0.161. The van der Waals surface area contributed by atoms with Crippen LogP contribution in [0, 0.1) is 0 Å². The van der Waals surface area contributed by atoms with Crippen molar-refractivity contribution >= 4 is 14.7 Å². The number of benzene rings is 1. The average molecular weight is 152 g/mol. The fourth-order valence-corrected chi connectivity index (χ4v) is 2.10. The highest BCUT2D eigenvalue weighted by Gasteiger charge is 1.89. The van der Waals surface area contributed by atoms with Gasteiger partial charge in [0.15, 0.2) is 0 Å². The predicted molar refractivity (Wildman–Crippen MR) is 46.5 cm³/mol. The molecule has 0 spiro atoms. The van der Waals surface area contributed by atoms with Gasteiger partial charge >= 0.3 is 0 Å². The second-order valence-electron chi connectivity index (χ2n) is 2.31. The lowest BCUT2D eigenvalue weighted by atomic mass is 10.4. The van der Waals surface area contributed by atoms with Crippen molar-refractivity contribution in [2.75, 3.05) is 6.61 Å². The van der Waals surface area contributed by atoms with Gasteiger partial charge in [-0.1, -0.05) is 35.5 Å². The van der Waals surface area contributed by atoms with Crippen LogP contribution in [0.5, 0.6) is 0 Å². The van der Waals surface area contributed by atoms with E-state index in [1.807, 2.05) is 6.07 Å². The van der Waals surface area contributed by atoms with Crippen molar-refractivity contribution in [2.45, 2.75) is 6.04 Å². The maximum Gasteiger partial charge on any atom is 0.0570 e. The predicted octanol–water partition coefficient (Wildman–Crippen LogP) is -0.109. The Morgan fingerprint density at radius 3 is 2.50 bits per heavy atom. The first-order valence-corrected chi connectivity index (χ1v) is 5.29. The molecule has 0 heterocycles. The Kier molecular flexibility index (Phi) is 3.19. The Bertz CT molecular complexity index is 174. The van der Waals surface area contributed by atoms with Crippen molar-refractivity contribution in [3.63, 3.8) is 0 Å². The third kappa shape index (κ3) is 2.33. The van der Waals surface area contributed by atoms with Crippen LogP contribution in [0.4, 0.5) is 0 Å². The van der Waals surface area contributed by atoms with Gasteiger partial charge in [0.25, 0.3) is 0 Å². The summed E-state index contributed by atoms with van der Waals surface area (Å²) in [6.07, 6.45) is 0. The van der Waals surface area contributed by atoms with Gasteiger partial charge in [-0.15, -0.1) is 0 Å². The Hall–Kier alpha value is -0.603. The maximum absolute atomic E-state index is 8.56. The third-order valence-corrected chi connectivity index (χ3v) is 3.18. The highest BCUT2D eigenvalue weighted by Crippen LogP contribution is 1.83. The van der Waals surface area contributed by atoms with Crippen molar-refractivity contribution in [3.8, 4) is 0 Å². The molecule has 0 aromatic heterocycles. The zero-order chi connectivity index (χ0) is 7.23. The monoisotopic (exact) mass is 152 g/mol. The van der Waals surface area contributed by atoms with E-state index in [1.165, 1.54) is 5.19 Å². The molecule has 0 aliphatic carbocycles. The molecule has 0 radical (unpaired) electrons. The van der Waals surface area contributed by atoms with E-state index in [9.17, 15) is 0 Å². The number of aliphatic hydroxyl groups excluding tert-OH is 1.